The van der Waals surface area contributed by atoms with Crippen LogP contribution >= 0.6 is 0 Å². The van der Waals surface area contributed by atoms with Gasteiger partial charge in [0.2, 0.25) is 5.91 Å². The lowest BCUT2D eigenvalue weighted by Crippen LogP contribution is -2.67. The average Bonchev–Trinajstić information content (AvgIpc) is 3.24. The predicted octanol–water partition coefficient (Wildman–Crippen LogP) is 5.67. The molecule has 0 aromatic carbocycles. The van der Waals surface area contributed by atoms with Gasteiger partial charge in [-0.2, -0.15) is 0 Å². The van der Waals surface area contributed by atoms with Crippen LogP contribution in [-0.4, -0.2) is 58.5 Å². The van der Waals surface area contributed by atoms with Crippen molar-refractivity contribution in [2.24, 2.45) is 34.5 Å². The topological polar surface area (TPSA) is 103 Å². The fourth-order valence-electron chi connectivity index (χ4n) is 9.57. The van der Waals surface area contributed by atoms with E-state index in [0.29, 0.717) is 30.1 Å². The van der Waals surface area contributed by atoms with E-state index in [4.69, 9.17) is 18.9 Å². The van der Waals surface area contributed by atoms with E-state index in [1.807, 2.05) is 27.7 Å². The molecule has 1 amide bonds. The molecule has 8 aliphatic rings. The molecule has 0 aromatic rings. The zero-order chi connectivity index (χ0) is 29.5. The summed E-state index contributed by atoms with van der Waals surface area (Å²) in [6, 6.07) is 0. The van der Waals surface area contributed by atoms with Crippen molar-refractivity contribution in [3.63, 3.8) is 0 Å². The van der Waals surface area contributed by atoms with Crippen LogP contribution in [0.3, 0.4) is 0 Å². The van der Waals surface area contributed by atoms with E-state index in [1.54, 1.807) is 0 Å². The smallest absolute Gasteiger partial charge is 0.306 e. The highest BCUT2D eigenvalue weighted by Crippen LogP contribution is 2.69. The van der Waals surface area contributed by atoms with Gasteiger partial charge in [0, 0.05) is 6.54 Å². The van der Waals surface area contributed by atoms with Crippen molar-refractivity contribution >= 4 is 11.9 Å². The van der Waals surface area contributed by atoms with Crippen molar-refractivity contribution in [3.8, 4) is 0 Å². The van der Waals surface area contributed by atoms with Gasteiger partial charge in [0.05, 0.1) is 25.0 Å². The maximum Gasteiger partial charge on any atom is 0.306 e. The van der Waals surface area contributed by atoms with E-state index in [1.165, 1.54) is 6.42 Å². The highest BCUT2D eigenvalue weighted by atomic mass is 16.8. The molecule has 6 aliphatic carbocycles. The number of aliphatic carboxylic acids is 1. The van der Waals surface area contributed by atoms with Gasteiger partial charge in [-0.15, -0.1) is 0 Å². The maximum atomic E-state index is 12.5. The molecule has 8 fully saturated rings. The SMILES string of the molecule is CC1(C)OC2CC3CC(C3(C)C)[C@@]2(CC(=O)O)O1.CCCCNC(=O)C[C@]12OC(C)(C)OC1CC1CC2C1(C)C. The zero-order valence-electron chi connectivity index (χ0n) is 26.2. The van der Waals surface area contributed by atoms with E-state index >= 15 is 0 Å². The summed E-state index contributed by atoms with van der Waals surface area (Å²) >= 11 is 0. The highest BCUT2D eigenvalue weighted by molar-refractivity contribution is 5.77. The van der Waals surface area contributed by atoms with Crippen LogP contribution < -0.4 is 5.32 Å². The summed E-state index contributed by atoms with van der Waals surface area (Å²) in [6.07, 6.45) is 6.83. The minimum Gasteiger partial charge on any atom is -0.481 e. The molecule has 8 heteroatoms. The lowest BCUT2D eigenvalue weighted by atomic mass is 9.43. The van der Waals surface area contributed by atoms with Crippen LogP contribution in [0.25, 0.3) is 0 Å². The van der Waals surface area contributed by atoms with Gasteiger partial charge in [0.1, 0.15) is 11.2 Å². The third-order valence-corrected chi connectivity index (χ3v) is 11.6. The fourth-order valence-corrected chi connectivity index (χ4v) is 9.57. The van der Waals surface area contributed by atoms with Crippen LogP contribution in [-0.2, 0) is 28.5 Å². The Morgan fingerprint density at radius 1 is 0.750 bits per heavy atom. The summed E-state index contributed by atoms with van der Waals surface area (Å²) in [5, 5.41) is 12.3. The summed E-state index contributed by atoms with van der Waals surface area (Å²) in [5.41, 5.74) is -0.620. The molecule has 6 saturated carbocycles. The van der Waals surface area contributed by atoms with E-state index in [9.17, 15) is 14.7 Å². The van der Waals surface area contributed by atoms with E-state index < -0.39 is 28.7 Å². The van der Waals surface area contributed by atoms with Crippen molar-refractivity contribution in [3.05, 3.63) is 0 Å². The molecule has 0 radical (unpaired) electrons. The van der Waals surface area contributed by atoms with Crippen molar-refractivity contribution in [2.75, 3.05) is 6.54 Å². The maximum absolute atomic E-state index is 12.5. The number of carbonyl (C=O) groups is 2. The molecule has 8 rings (SSSR count). The van der Waals surface area contributed by atoms with Crippen LogP contribution in [0.2, 0.25) is 0 Å². The largest absolute Gasteiger partial charge is 0.481 e. The zero-order valence-corrected chi connectivity index (χ0v) is 26.2. The molecule has 40 heavy (non-hydrogen) atoms. The Hall–Kier alpha value is -1.22. The minimum absolute atomic E-state index is 0.0552. The average molecular weight is 564 g/mol. The molecule has 8 nitrogen and oxygen atoms in total. The Morgan fingerprint density at radius 2 is 1.20 bits per heavy atom. The van der Waals surface area contributed by atoms with Crippen molar-refractivity contribution in [1.29, 1.82) is 0 Å². The molecule has 4 bridgehead atoms. The normalized spacial score (nSPS) is 43.6. The number of ether oxygens (including phenoxy) is 4. The summed E-state index contributed by atoms with van der Waals surface area (Å²) in [4.78, 5) is 23.7. The molecule has 2 N–H and O–H groups in total. The van der Waals surface area contributed by atoms with Crippen LogP contribution in [0.15, 0.2) is 0 Å². The summed E-state index contributed by atoms with van der Waals surface area (Å²) in [6.45, 7) is 19.8. The first kappa shape index (κ1) is 30.2. The second-order valence-corrected chi connectivity index (χ2v) is 15.7. The van der Waals surface area contributed by atoms with E-state index in [-0.39, 0.29) is 35.4 Å². The lowest BCUT2D eigenvalue weighted by Gasteiger charge is -2.64. The van der Waals surface area contributed by atoms with E-state index in [0.717, 1.165) is 38.6 Å². The van der Waals surface area contributed by atoms with Gasteiger partial charge in [-0.25, -0.2) is 0 Å². The van der Waals surface area contributed by atoms with Crippen LogP contribution in [0.1, 0.15) is 114 Å². The summed E-state index contributed by atoms with van der Waals surface area (Å²) < 4.78 is 24.7. The van der Waals surface area contributed by atoms with Crippen molar-refractivity contribution in [1.82, 2.24) is 5.32 Å². The number of hydrogen-bond acceptors (Lipinski definition) is 6. The number of rotatable bonds is 7. The Bertz CT molecular complexity index is 1020. The fraction of sp³-hybridized carbons (Fsp3) is 0.938. The lowest BCUT2D eigenvalue weighted by molar-refractivity contribution is -0.233. The third-order valence-electron chi connectivity index (χ3n) is 11.6. The molecule has 6 unspecified atom stereocenters. The van der Waals surface area contributed by atoms with Crippen LogP contribution in [0.5, 0.6) is 0 Å². The van der Waals surface area contributed by atoms with Gasteiger partial charge in [-0.3, -0.25) is 9.59 Å². The summed E-state index contributed by atoms with van der Waals surface area (Å²) in [5.74, 6) is 0.149. The Balaban J connectivity index is 0.000000164. The number of hydrogen-bond donors (Lipinski definition) is 2. The van der Waals surface area contributed by atoms with Gasteiger partial charge in [-0.05, 0) is 94.3 Å². The second kappa shape index (κ2) is 9.65. The first-order chi connectivity index (χ1) is 18.4. The quantitative estimate of drug-likeness (QED) is 0.385. The van der Waals surface area contributed by atoms with Gasteiger partial charge < -0.3 is 29.4 Å². The molecular weight excluding hydrogens is 510 g/mol. The minimum atomic E-state index is -0.789. The molecule has 2 heterocycles. The standard InChI is InChI=1S/C18H31NO3.C14H22O4/c1-6-7-8-19-15(20)11-18-13-9-12(16(13,2)3)10-14(18)21-17(4,5)22-18;1-12(2)8-5-9(12)14(7-11(15)16)10(6-8)17-13(3,4)18-14/h12-14H,6-11H2,1-5H3,(H,19,20);8-10H,5-7H2,1-4H3,(H,15,16)/t12?,13?,14?,18-;8?,9?,10?,14-/m11/s1. The van der Waals surface area contributed by atoms with Gasteiger partial charge in [0.25, 0.3) is 0 Å². The molecule has 0 aromatic heterocycles. The molecule has 2 aliphatic heterocycles. The monoisotopic (exact) mass is 563 g/mol. The number of nitrogens with one attached hydrogen (secondary N) is 1. The second-order valence-electron chi connectivity index (χ2n) is 15.7. The molecule has 0 spiro atoms. The molecular formula is C32H53NO7. The Morgan fingerprint density at radius 3 is 1.60 bits per heavy atom. The molecule has 228 valence electrons. The Kier molecular flexibility index (Phi) is 7.30. The number of unbranched alkanes of at least 4 members (excludes halogenated alkanes) is 1. The van der Waals surface area contributed by atoms with Gasteiger partial charge in [-0.1, -0.05) is 41.0 Å². The predicted molar refractivity (Wildman–Crippen MR) is 150 cm³/mol. The molecule has 8 atom stereocenters. The van der Waals surface area contributed by atoms with Gasteiger partial charge >= 0.3 is 5.97 Å². The van der Waals surface area contributed by atoms with Crippen LogP contribution in [0.4, 0.5) is 0 Å². The summed E-state index contributed by atoms with van der Waals surface area (Å²) in [7, 11) is 0. The first-order valence-corrected chi connectivity index (χ1v) is 15.6. The third kappa shape index (κ3) is 4.73. The van der Waals surface area contributed by atoms with Gasteiger partial charge in [0.15, 0.2) is 11.6 Å². The molecule has 2 saturated heterocycles. The number of carbonyl (C=O) groups excluding carboxylic acids is 1. The number of carboxylic acid groups (broad SMARTS) is 1. The van der Waals surface area contributed by atoms with Crippen molar-refractivity contribution < 1.29 is 33.6 Å². The van der Waals surface area contributed by atoms with Crippen LogP contribution in [0, 0.1) is 34.5 Å². The highest BCUT2D eigenvalue weighted by Gasteiger charge is 2.72. The number of carboxylic acids is 1. The van der Waals surface area contributed by atoms with E-state index in [2.05, 4.69) is 39.9 Å². The first-order valence-electron chi connectivity index (χ1n) is 15.6. The number of amides is 1. The Labute approximate surface area is 240 Å². The van der Waals surface area contributed by atoms with Crippen molar-refractivity contribution in [2.45, 2.75) is 149 Å².